The van der Waals surface area contributed by atoms with Crippen molar-refractivity contribution in [3.63, 3.8) is 0 Å². The molecule has 1 saturated heterocycles. The average molecular weight is 495 g/mol. The van der Waals surface area contributed by atoms with Crippen molar-refractivity contribution in [1.29, 1.82) is 0 Å². The topological polar surface area (TPSA) is 94.5 Å². The molecule has 0 saturated carbocycles. The summed E-state index contributed by atoms with van der Waals surface area (Å²) in [5, 5.41) is 18.4. The van der Waals surface area contributed by atoms with E-state index < -0.39 is 5.97 Å². The third-order valence-corrected chi connectivity index (χ3v) is 5.44. The van der Waals surface area contributed by atoms with Gasteiger partial charge in [0.1, 0.15) is 0 Å². The molecule has 2 aromatic rings. The second kappa shape index (κ2) is 12.6. The molecule has 178 valence electrons. The summed E-state index contributed by atoms with van der Waals surface area (Å²) in [5.74, 6) is -1.01. The van der Waals surface area contributed by atoms with Crippen LogP contribution in [0, 0.1) is 0 Å². The number of hydrogen-bond donors (Lipinski definition) is 2. The minimum atomic E-state index is -0.827. The van der Waals surface area contributed by atoms with Gasteiger partial charge in [-0.1, -0.05) is 18.2 Å². The molecule has 0 aliphatic carbocycles. The van der Waals surface area contributed by atoms with Gasteiger partial charge in [-0.2, -0.15) is 5.10 Å². The van der Waals surface area contributed by atoms with E-state index in [2.05, 4.69) is 10.4 Å². The van der Waals surface area contributed by atoms with Crippen molar-refractivity contribution >= 4 is 48.6 Å². The zero-order valence-corrected chi connectivity index (χ0v) is 19.7. The molecule has 8 nitrogen and oxygen atoms in total. The lowest BCUT2D eigenvalue weighted by Crippen LogP contribution is -2.34. The lowest BCUT2D eigenvalue weighted by Gasteiger charge is -2.27. The SMILES string of the molecule is Cl.Cl.O=C(O)CN1CCc2ccc(NC(=O)c3ccc(C=NN4CCOCC4)cc3)cc2C1. The number of benzene rings is 2. The van der Waals surface area contributed by atoms with Gasteiger partial charge in [0.15, 0.2) is 0 Å². The predicted molar refractivity (Wildman–Crippen MR) is 132 cm³/mol. The Morgan fingerprint density at radius 3 is 2.45 bits per heavy atom. The largest absolute Gasteiger partial charge is 0.480 e. The molecule has 2 N–H and O–H groups in total. The molecule has 2 aliphatic rings. The second-order valence-electron chi connectivity index (χ2n) is 7.72. The fraction of sp³-hybridized carbons (Fsp3) is 0.348. The van der Waals surface area contributed by atoms with E-state index in [0.29, 0.717) is 31.0 Å². The van der Waals surface area contributed by atoms with Gasteiger partial charge < -0.3 is 15.2 Å². The molecule has 0 atom stereocenters. The summed E-state index contributed by atoms with van der Waals surface area (Å²) in [4.78, 5) is 25.5. The van der Waals surface area contributed by atoms with Crippen LogP contribution in [0.4, 0.5) is 5.69 Å². The molecule has 0 spiro atoms. The number of anilines is 1. The van der Waals surface area contributed by atoms with E-state index in [1.54, 1.807) is 18.3 Å². The third kappa shape index (κ3) is 7.43. The van der Waals surface area contributed by atoms with Crippen LogP contribution in [-0.2, 0) is 22.5 Å². The molecule has 0 radical (unpaired) electrons. The number of amides is 1. The number of halogens is 2. The van der Waals surface area contributed by atoms with E-state index in [0.717, 1.165) is 37.2 Å². The quantitative estimate of drug-likeness (QED) is 0.599. The number of ether oxygens (including phenoxy) is 1. The number of carbonyl (C=O) groups is 2. The number of carboxylic acid groups (broad SMARTS) is 1. The maximum Gasteiger partial charge on any atom is 0.317 e. The second-order valence-corrected chi connectivity index (χ2v) is 7.72. The van der Waals surface area contributed by atoms with Gasteiger partial charge in [-0.05, 0) is 47.4 Å². The van der Waals surface area contributed by atoms with Crippen LogP contribution in [0.3, 0.4) is 0 Å². The normalized spacial score (nSPS) is 15.8. The van der Waals surface area contributed by atoms with E-state index >= 15 is 0 Å². The number of nitrogens with one attached hydrogen (secondary N) is 1. The third-order valence-electron chi connectivity index (χ3n) is 5.44. The molecule has 0 unspecified atom stereocenters. The van der Waals surface area contributed by atoms with E-state index in [-0.39, 0.29) is 37.3 Å². The minimum Gasteiger partial charge on any atom is -0.480 e. The molecule has 0 aromatic heterocycles. The molecule has 1 fully saturated rings. The van der Waals surface area contributed by atoms with Gasteiger partial charge in [0, 0.05) is 24.3 Å². The summed E-state index contributed by atoms with van der Waals surface area (Å²) < 4.78 is 5.31. The number of nitrogens with zero attached hydrogens (tertiary/aromatic N) is 3. The highest BCUT2D eigenvalue weighted by atomic mass is 35.5. The van der Waals surface area contributed by atoms with Gasteiger partial charge >= 0.3 is 5.97 Å². The summed E-state index contributed by atoms with van der Waals surface area (Å²) in [6.45, 7) is 4.27. The van der Waals surface area contributed by atoms with Crippen LogP contribution in [-0.4, -0.2) is 72.5 Å². The number of rotatable bonds is 6. The Balaban J connectivity index is 0.00000193. The van der Waals surface area contributed by atoms with Gasteiger partial charge in [0.25, 0.3) is 5.91 Å². The Labute approximate surface area is 205 Å². The highest BCUT2D eigenvalue weighted by Crippen LogP contribution is 2.23. The van der Waals surface area contributed by atoms with E-state index in [9.17, 15) is 9.59 Å². The number of aliphatic carboxylic acids is 1. The van der Waals surface area contributed by atoms with E-state index in [1.807, 2.05) is 40.2 Å². The number of morpholine rings is 1. The fourth-order valence-electron chi connectivity index (χ4n) is 3.76. The molecule has 2 aromatic carbocycles. The van der Waals surface area contributed by atoms with Crippen LogP contribution < -0.4 is 5.32 Å². The van der Waals surface area contributed by atoms with E-state index in [1.165, 1.54) is 5.56 Å². The van der Waals surface area contributed by atoms with Crippen LogP contribution in [0.5, 0.6) is 0 Å². The molecular weight excluding hydrogens is 467 g/mol. The standard InChI is InChI=1S/C23H26N4O4.2ClH/c28-22(29)16-26-8-7-18-5-6-21(13-20(18)15-26)25-23(30)19-3-1-17(2-4-19)14-24-27-9-11-31-12-10-27;;/h1-6,13-14H,7-12,15-16H2,(H,25,30)(H,28,29);2*1H. The lowest BCUT2D eigenvalue weighted by atomic mass is 9.99. The molecule has 2 aliphatic heterocycles. The Morgan fingerprint density at radius 1 is 1.03 bits per heavy atom. The summed E-state index contributed by atoms with van der Waals surface area (Å²) >= 11 is 0. The van der Waals surface area contributed by atoms with Crippen LogP contribution >= 0.6 is 24.8 Å². The zero-order valence-electron chi connectivity index (χ0n) is 18.1. The Kier molecular flexibility index (Phi) is 10.1. The summed E-state index contributed by atoms with van der Waals surface area (Å²) in [7, 11) is 0. The highest BCUT2D eigenvalue weighted by molar-refractivity contribution is 6.04. The Bertz CT molecular complexity index is 979. The molecule has 33 heavy (non-hydrogen) atoms. The predicted octanol–water partition coefficient (Wildman–Crippen LogP) is 2.89. The van der Waals surface area contributed by atoms with Crippen LogP contribution in [0.1, 0.15) is 27.0 Å². The summed E-state index contributed by atoms with van der Waals surface area (Å²) in [6, 6.07) is 13.1. The van der Waals surface area contributed by atoms with Crippen molar-refractivity contribution in [2.24, 2.45) is 5.10 Å². The molecule has 4 rings (SSSR count). The van der Waals surface area contributed by atoms with Crippen molar-refractivity contribution in [3.8, 4) is 0 Å². The first-order valence-electron chi connectivity index (χ1n) is 10.4. The first-order chi connectivity index (χ1) is 15.1. The van der Waals surface area contributed by atoms with Crippen molar-refractivity contribution in [2.75, 3.05) is 44.7 Å². The number of carbonyl (C=O) groups excluding carboxylic acids is 1. The van der Waals surface area contributed by atoms with Crippen molar-refractivity contribution in [3.05, 3.63) is 64.7 Å². The van der Waals surface area contributed by atoms with Gasteiger partial charge in [0.05, 0.1) is 39.1 Å². The number of hydrogen-bond acceptors (Lipinski definition) is 6. The Hall–Kier alpha value is -2.65. The Morgan fingerprint density at radius 2 is 1.76 bits per heavy atom. The minimum absolute atomic E-state index is 0. The van der Waals surface area contributed by atoms with Gasteiger partial charge in [-0.25, -0.2) is 0 Å². The lowest BCUT2D eigenvalue weighted by molar-refractivity contribution is -0.138. The highest BCUT2D eigenvalue weighted by Gasteiger charge is 2.19. The molecular formula is C23H28Cl2N4O4. The van der Waals surface area contributed by atoms with Crippen LogP contribution in [0.15, 0.2) is 47.6 Å². The van der Waals surface area contributed by atoms with Crippen LogP contribution in [0.2, 0.25) is 0 Å². The van der Waals surface area contributed by atoms with E-state index in [4.69, 9.17) is 9.84 Å². The maximum atomic E-state index is 12.7. The summed E-state index contributed by atoms with van der Waals surface area (Å²) in [6.07, 6.45) is 2.60. The van der Waals surface area contributed by atoms with Gasteiger partial charge in [-0.3, -0.25) is 19.5 Å². The summed E-state index contributed by atoms with van der Waals surface area (Å²) in [5.41, 5.74) is 4.45. The zero-order chi connectivity index (χ0) is 21.6. The number of carboxylic acids is 1. The first-order valence-corrected chi connectivity index (χ1v) is 10.4. The van der Waals surface area contributed by atoms with Gasteiger partial charge in [0.2, 0.25) is 0 Å². The molecule has 1 amide bonds. The monoisotopic (exact) mass is 494 g/mol. The molecule has 2 heterocycles. The molecule has 10 heteroatoms. The number of fused-ring (bicyclic) bond motifs is 1. The van der Waals surface area contributed by atoms with Crippen molar-refractivity contribution in [1.82, 2.24) is 9.91 Å². The molecule has 0 bridgehead atoms. The fourth-order valence-corrected chi connectivity index (χ4v) is 3.76. The maximum absolute atomic E-state index is 12.7. The van der Waals surface area contributed by atoms with Crippen molar-refractivity contribution < 1.29 is 19.4 Å². The number of hydrazone groups is 1. The average Bonchev–Trinajstić information content (AvgIpc) is 2.78. The van der Waals surface area contributed by atoms with Crippen LogP contribution in [0.25, 0.3) is 0 Å². The smallest absolute Gasteiger partial charge is 0.317 e. The van der Waals surface area contributed by atoms with Crippen molar-refractivity contribution in [2.45, 2.75) is 13.0 Å². The van der Waals surface area contributed by atoms with Gasteiger partial charge in [-0.15, -0.1) is 24.8 Å². The first kappa shape index (κ1) is 26.6.